The zero-order chi connectivity index (χ0) is 12.3. The van der Waals surface area contributed by atoms with E-state index in [2.05, 4.69) is 5.10 Å². The number of Topliss-reactive ketones (excluding diaryl/α,β-unsaturated/α-hetero) is 1. The van der Waals surface area contributed by atoms with E-state index in [9.17, 15) is 4.79 Å². The lowest BCUT2D eigenvalue weighted by Gasteiger charge is -2.03. The van der Waals surface area contributed by atoms with Crippen LogP contribution in [-0.4, -0.2) is 22.7 Å². The van der Waals surface area contributed by atoms with Crippen LogP contribution in [0.25, 0.3) is 5.69 Å². The predicted molar refractivity (Wildman–Crippen MR) is 64.7 cm³/mol. The Bertz CT molecular complexity index is 532. The summed E-state index contributed by atoms with van der Waals surface area (Å²) < 4.78 is 6.82. The van der Waals surface area contributed by atoms with Gasteiger partial charge < -0.3 is 4.74 Å². The van der Waals surface area contributed by atoms with Crippen LogP contribution in [0.15, 0.2) is 36.7 Å². The molecule has 0 aliphatic carbocycles. The molecule has 0 spiro atoms. The highest BCUT2D eigenvalue weighted by molar-refractivity contribution is 5.95. The molecule has 0 amide bonds. The van der Waals surface area contributed by atoms with Gasteiger partial charge >= 0.3 is 0 Å². The molecule has 1 aromatic carbocycles. The SMILES string of the molecule is CCC(=O)c1cnn(-c2cccc(OC)c2)c1. The molecule has 0 aliphatic rings. The standard InChI is InChI=1S/C13H14N2O2/c1-3-13(16)10-8-14-15(9-10)11-5-4-6-12(7-11)17-2/h4-9H,3H2,1-2H3. The fourth-order valence-corrected chi connectivity index (χ4v) is 1.57. The second-order valence-electron chi connectivity index (χ2n) is 3.65. The largest absolute Gasteiger partial charge is 0.497 e. The summed E-state index contributed by atoms with van der Waals surface area (Å²) in [4.78, 5) is 11.5. The molecule has 2 aromatic rings. The van der Waals surface area contributed by atoms with Crippen LogP contribution in [0.2, 0.25) is 0 Å². The third-order valence-electron chi connectivity index (χ3n) is 2.54. The van der Waals surface area contributed by atoms with Crippen LogP contribution in [0.3, 0.4) is 0 Å². The van der Waals surface area contributed by atoms with Crippen LogP contribution in [0.5, 0.6) is 5.75 Å². The number of carbonyl (C=O) groups excluding carboxylic acids is 1. The highest BCUT2D eigenvalue weighted by atomic mass is 16.5. The van der Waals surface area contributed by atoms with Crippen molar-refractivity contribution in [3.63, 3.8) is 0 Å². The maximum Gasteiger partial charge on any atom is 0.165 e. The molecule has 1 heterocycles. The lowest BCUT2D eigenvalue weighted by molar-refractivity contribution is 0.0988. The molecule has 88 valence electrons. The quantitative estimate of drug-likeness (QED) is 0.758. The van der Waals surface area contributed by atoms with Crippen molar-refractivity contribution in [3.05, 3.63) is 42.2 Å². The molecule has 0 saturated carbocycles. The molecule has 2 rings (SSSR count). The Morgan fingerprint density at radius 3 is 3.00 bits per heavy atom. The minimum Gasteiger partial charge on any atom is -0.497 e. The van der Waals surface area contributed by atoms with Crippen LogP contribution in [0, 0.1) is 0 Å². The lowest BCUT2D eigenvalue weighted by atomic mass is 10.2. The Balaban J connectivity index is 2.33. The van der Waals surface area contributed by atoms with Gasteiger partial charge in [0.15, 0.2) is 5.78 Å². The third-order valence-corrected chi connectivity index (χ3v) is 2.54. The number of ketones is 1. The highest BCUT2D eigenvalue weighted by Crippen LogP contribution is 2.16. The molecule has 0 fully saturated rings. The monoisotopic (exact) mass is 230 g/mol. The fraction of sp³-hybridized carbons (Fsp3) is 0.231. The molecule has 1 aromatic heterocycles. The van der Waals surface area contributed by atoms with Crippen molar-refractivity contribution in [1.29, 1.82) is 0 Å². The van der Waals surface area contributed by atoms with E-state index in [-0.39, 0.29) is 5.78 Å². The van der Waals surface area contributed by atoms with E-state index < -0.39 is 0 Å². The number of hydrogen-bond donors (Lipinski definition) is 0. The molecule has 0 atom stereocenters. The van der Waals surface area contributed by atoms with Crippen molar-refractivity contribution < 1.29 is 9.53 Å². The number of ether oxygens (including phenoxy) is 1. The van der Waals surface area contributed by atoms with E-state index >= 15 is 0 Å². The van der Waals surface area contributed by atoms with Crippen molar-refractivity contribution in [3.8, 4) is 11.4 Å². The summed E-state index contributed by atoms with van der Waals surface area (Å²) in [5.41, 5.74) is 1.51. The minimum atomic E-state index is 0.0964. The van der Waals surface area contributed by atoms with Crippen LogP contribution < -0.4 is 4.74 Å². The molecule has 0 N–H and O–H groups in total. The molecule has 4 heteroatoms. The number of hydrogen-bond acceptors (Lipinski definition) is 3. The number of carbonyl (C=O) groups is 1. The topological polar surface area (TPSA) is 44.1 Å². The number of nitrogens with zero attached hydrogens (tertiary/aromatic N) is 2. The van der Waals surface area contributed by atoms with Gasteiger partial charge in [0, 0.05) is 18.7 Å². The first-order valence-corrected chi connectivity index (χ1v) is 5.47. The number of methoxy groups -OCH3 is 1. The fourth-order valence-electron chi connectivity index (χ4n) is 1.57. The summed E-state index contributed by atoms with van der Waals surface area (Å²) in [6, 6.07) is 7.53. The molecule has 4 nitrogen and oxygen atoms in total. The highest BCUT2D eigenvalue weighted by Gasteiger charge is 2.07. The van der Waals surface area contributed by atoms with Crippen molar-refractivity contribution >= 4 is 5.78 Å². The maximum atomic E-state index is 11.5. The smallest absolute Gasteiger partial charge is 0.165 e. The Labute approximate surface area is 99.8 Å². The molecule has 0 bridgehead atoms. The van der Waals surface area contributed by atoms with E-state index in [1.807, 2.05) is 31.2 Å². The van der Waals surface area contributed by atoms with Gasteiger partial charge in [0.05, 0.1) is 24.6 Å². The van der Waals surface area contributed by atoms with Crippen LogP contribution in [0.4, 0.5) is 0 Å². The van der Waals surface area contributed by atoms with Crippen molar-refractivity contribution in [1.82, 2.24) is 9.78 Å². The predicted octanol–water partition coefficient (Wildman–Crippen LogP) is 2.47. The Hall–Kier alpha value is -2.10. The molecular formula is C13H14N2O2. The van der Waals surface area contributed by atoms with Gasteiger partial charge in [0.25, 0.3) is 0 Å². The number of aromatic nitrogens is 2. The van der Waals surface area contributed by atoms with Gasteiger partial charge in [-0.05, 0) is 12.1 Å². The van der Waals surface area contributed by atoms with Gasteiger partial charge in [-0.15, -0.1) is 0 Å². The summed E-state index contributed by atoms with van der Waals surface area (Å²) in [5, 5.41) is 4.17. The molecule has 0 saturated heterocycles. The van der Waals surface area contributed by atoms with Gasteiger partial charge in [-0.25, -0.2) is 4.68 Å². The minimum absolute atomic E-state index is 0.0964. The molecule has 0 unspecified atom stereocenters. The second kappa shape index (κ2) is 4.82. The van der Waals surface area contributed by atoms with Crippen LogP contribution in [0.1, 0.15) is 23.7 Å². The summed E-state index contributed by atoms with van der Waals surface area (Å²) >= 11 is 0. The zero-order valence-electron chi connectivity index (χ0n) is 9.88. The number of benzene rings is 1. The van der Waals surface area contributed by atoms with Crippen molar-refractivity contribution in [2.24, 2.45) is 0 Å². The molecule has 0 aliphatic heterocycles. The third kappa shape index (κ3) is 2.36. The average Bonchev–Trinajstić information content (AvgIpc) is 2.87. The summed E-state index contributed by atoms with van der Waals surface area (Å²) in [6.45, 7) is 1.84. The maximum absolute atomic E-state index is 11.5. The lowest BCUT2D eigenvalue weighted by Crippen LogP contribution is -1.96. The Morgan fingerprint density at radius 1 is 1.47 bits per heavy atom. The normalized spacial score (nSPS) is 10.2. The molecule has 17 heavy (non-hydrogen) atoms. The summed E-state index contributed by atoms with van der Waals surface area (Å²) in [6.07, 6.45) is 3.82. The van der Waals surface area contributed by atoms with Crippen LogP contribution in [-0.2, 0) is 0 Å². The van der Waals surface area contributed by atoms with Gasteiger partial charge in [0.1, 0.15) is 5.75 Å². The van der Waals surface area contributed by atoms with Crippen molar-refractivity contribution in [2.75, 3.05) is 7.11 Å². The molecule has 0 radical (unpaired) electrons. The summed E-state index contributed by atoms with van der Waals surface area (Å²) in [7, 11) is 1.62. The Morgan fingerprint density at radius 2 is 2.29 bits per heavy atom. The first kappa shape index (κ1) is 11.4. The van der Waals surface area contributed by atoms with E-state index in [4.69, 9.17) is 4.74 Å². The van der Waals surface area contributed by atoms with E-state index in [0.717, 1.165) is 11.4 Å². The Kier molecular flexibility index (Phi) is 3.23. The van der Waals surface area contributed by atoms with Crippen LogP contribution >= 0.6 is 0 Å². The van der Waals surface area contributed by atoms with E-state index in [0.29, 0.717) is 12.0 Å². The van der Waals surface area contributed by atoms with Gasteiger partial charge in [-0.3, -0.25) is 4.79 Å². The van der Waals surface area contributed by atoms with E-state index in [1.54, 1.807) is 24.2 Å². The number of rotatable bonds is 4. The van der Waals surface area contributed by atoms with Gasteiger partial charge in [0.2, 0.25) is 0 Å². The average molecular weight is 230 g/mol. The van der Waals surface area contributed by atoms with Gasteiger partial charge in [-0.2, -0.15) is 5.10 Å². The first-order chi connectivity index (χ1) is 8.24. The second-order valence-corrected chi connectivity index (χ2v) is 3.65. The zero-order valence-corrected chi connectivity index (χ0v) is 9.88. The van der Waals surface area contributed by atoms with Crippen molar-refractivity contribution in [2.45, 2.75) is 13.3 Å². The first-order valence-electron chi connectivity index (χ1n) is 5.47. The van der Waals surface area contributed by atoms with Gasteiger partial charge in [-0.1, -0.05) is 13.0 Å². The molecular weight excluding hydrogens is 216 g/mol. The van der Waals surface area contributed by atoms with E-state index in [1.165, 1.54) is 0 Å². The summed E-state index contributed by atoms with van der Waals surface area (Å²) in [5.74, 6) is 0.862.